The molecule has 7 heteroatoms. The third-order valence-corrected chi connectivity index (χ3v) is 5.71. The fourth-order valence-electron chi connectivity index (χ4n) is 3.24. The van der Waals surface area contributed by atoms with E-state index in [1.807, 2.05) is 30.3 Å². The monoisotopic (exact) mass is 480 g/mol. The van der Waals surface area contributed by atoms with Gasteiger partial charge in [-0.25, -0.2) is 0 Å². The van der Waals surface area contributed by atoms with Crippen molar-refractivity contribution in [1.82, 2.24) is 10.2 Å². The van der Waals surface area contributed by atoms with Crippen LogP contribution in [0.1, 0.15) is 11.1 Å². The van der Waals surface area contributed by atoms with Gasteiger partial charge in [-0.05, 0) is 52.8 Å². The number of halogens is 1. The average molecular weight is 481 g/mol. The van der Waals surface area contributed by atoms with Crippen LogP contribution in [0.3, 0.4) is 0 Å². The Morgan fingerprint density at radius 1 is 1.10 bits per heavy atom. The summed E-state index contributed by atoms with van der Waals surface area (Å²) < 4.78 is 6.90. The molecule has 1 heterocycles. The third kappa shape index (κ3) is 3.99. The zero-order chi connectivity index (χ0) is 21.3. The minimum atomic E-state index is -0.525. The summed E-state index contributed by atoms with van der Waals surface area (Å²) in [6.45, 7) is 0.350. The van der Waals surface area contributed by atoms with Crippen LogP contribution in [-0.2, 0) is 16.2 Å². The number of hydrogen-bond acceptors (Lipinski definition) is 4. The van der Waals surface area contributed by atoms with Gasteiger partial charge in [0.15, 0.2) is 5.11 Å². The van der Waals surface area contributed by atoms with Crippen molar-refractivity contribution in [2.45, 2.75) is 6.61 Å². The standard InChI is InChI=1S/C23H17BrN2O3S/c1-26-22(28)19(21(27)25-23(26)30)12-16-11-17(24)9-10-20(16)29-13-15-7-4-6-14-5-2-3-8-18(14)15/h2-12H,13H2,1H3,(H,25,27,30)/b19-12+. The molecule has 150 valence electrons. The predicted molar refractivity (Wildman–Crippen MR) is 124 cm³/mol. The molecule has 0 saturated carbocycles. The molecule has 1 aliphatic rings. The van der Waals surface area contributed by atoms with Crippen LogP contribution in [0.5, 0.6) is 5.75 Å². The second-order valence-corrected chi connectivity index (χ2v) is 8.09. The van der Waals surface area contributed by atoms with Crippen LogP contribution in [0, 0.1) is 0 Å². The molecule has 5 nitrogen and oxygen atoms in total. The van der Waals surface area contributed by atoms with E-state index in [0.29, 0.717) is 17.9 Å². The number of ether oxygens (including phenoxy) is 1. The summed E-state index contributed by atoms with van der Waals surface area (Å²) >= 11 is 8.43. The quantitative estimate of drug-likeness (QED) is 0.340. The summed E-state index contributed by atoms with van der Waals surface area (Å²) in [5.74, 6) is -0.415. The molecule has 0 unspecified atom stereocenters. The van der Waals surface area contributed by atoms with Gasteiger partial charge in [0.25, 0.3) is 11.8 Å². The second-order valence-electron chi connectivity index (χ2n) is 6.79. The Kier molecular flexibility index (Phi) is 5.65. The van der Waals surface area contributed by atoms with Crippen molar-refractivity contribution in [3.05, 3.63) is 81.8 Å². The van der Waals surface area contributed by atoms with Crippen molar-refractivity contribution in [3.63, 3.8) is 0 Å². The van der Waals surface area contributed by atoms with Crippen molar-refractivity contribution in [3.8, 4) is 5.75 Å². The number of amides is 2. The maximum Gasteiger partial charge on any atom is 0.265 e. The van der Waals surface area contributed by atoms with E-state index in [-0.39, 0.29) is 10.7 Å². The largest absolute Gasteiger partial charge is 0.488 e. The van der Waals surface area contributed by atoms with Crippen molar-refractivity contribution < 1.29 is 14.3 Å². The number of fused-ring (bicyclic) bond motifs is 1. The number of carbonyl (C=O) groups is 2. The number of nitrogens with one attached hydrogen (secondary N) is 1. The molecule has 0 aromatic heterocycles. The van der Waals surface area contributed by atoms with E-state index in [1.54, 1.807) is 12.1 Å². The molecule has 3 aromatic rings. The lowest BCUT2D eigenvalue weighted by atomic mass is 10.0. The number of hydrogen-bond donors (Lipinski definition) is 1. The number of carbonyl (C=O) groups excluding carboxylic acids is 2. The Morgan fingerprint density at radius 3 is 2.70 bits per heavy atom. The van der Waals surface area contributed by atoms with Gasteiger partial charge in [-0.3, -0.25) is 19.8 Å². The van der Waals surface area contributed by atoms with E-state index in [1.165, 1.54) is 18.0 Å². The van der Waals surface area contributed by atoms with E-state index in [4.69, 9.17) is 17.0 Å². The molecule has 0 radical (unpaired) electrons. The molecule has 30 heavy (non-hydrogen) atoms. The molecule has 0 atom stereocenters. The lowest BCUT2D eigenvalue weighted by Gasteiger charge is -2.25. The molecule has 1 N–H and O–H groups in total. The van der Waals surface area contributed by atoms with Crippen LogP contribution in [-0.4, -0.2) is 28.9 Å². The van der Waals surface area contributed by atoms with E-state index in [2.05, 4.69) is 39.4 Å². The highest BCUT2D eigenvalue weighted by atomic mass is 79.9. The van der Waals surface area contributed by atoms with Crippen molar-refractivity contribution in [2.75, 3.05) is 7.05 Å². The zero-order valence-corrected chi connectivity index (χ0v) is 18.4. The summed E-state index contributed by atoms with van der Waals surface area (Å²) in [7, 11) is 1.52. The van der Waals surface area contributed by atoms with Gasteiger partial charge < -0.3 is 4.74 Å². The maximum absolute atomic E-state index is 12.5. The van der Waals surface area contributed by atoms with Crippen LogP contribution in [0.15, 0.2) is 70.7 Å². The summed E-state index contributed by atoms with van der Waals surface area (Å²) in [4.78, 5) is 26.1. The van der Waals surface area contributed by atoms with Gasteiger partial charge in [0.1, 0.15) is 17.9 Å². The molecule has 4 rings (SSSR count). The van der Waals surface area contributed by atoms with Crippen LogP contribution >= 0.6 is 28.1 Å². The average Bonchev–Trinajstić information content (AvgIpc) is 2.74. The van der Waals surface area contributed by atoms with Gasteiger partial charge in [0.05, 0.1) is 0 Å². The van der Waals surface area contributed by atoms with E-state index < -0.39 is 11.8 Å². The predicted octanol–water partition coefficient (Wildman–Crippen LogP) is 4.44. The summed E-state index contributed by atoms with van der Waals surface area (Å²) in [5.41, 5.74) is 1.66. The third-order valence-electron chi connectivity index (χ3n) is 4.84. The highest BCUT2D eigenvalue weighted by molar-refractivity contribution is 9.10. The highest BCUT2D eigenvalue weighted by Gasteiger charge is 2.31. The van der Waals surface area contributed by atoms with Crippen molar-refractivity contribution in [1.29, 1.82) is 0 Å². The Hall–Kier alpha value is -3.03. The Balaban J connectivity index is 1.67. The topological polar surface area (TPSA) is 58.6 Å². The molecule has 0 spiro atoms. The Morgan fingerprint density at radius 2 is 1.87 bits per heavy atom. The fraction of sp³-hybridized carbons (Fsp3) is 0.0870. The fourth-order valence-corrected chi connectivity index (χ4v) is 3.79. The first-order valence-electron chi connectivity index (χ1n) is 9.18. The van der Waals surface area contributed by atoms with E-state index in [0.717, 1.165) is 20.8 Å². The SMILES string of the molecule is CN1C(=O)/C(=C/c2cc(Br)ccc2OCc2cccc3ccccc23)C(=O)NC1=S. The molecule has 3 aromatic carbocycles. The molecule has 1 saturated heterocycles. The first-order chi connectivity index (χ1) is 14.4. The number of thiocarbonyl (C=S) groups is 1. The highest BCUT2D eigenvalue weighted by Crippen LogP contribution is 2.28. The maximum atomic E-state index is 12.5. The number of rotatable bonds is 4. The van der Waals surface area contributed by atoms with Crippen LogP contribution < -0.4 is 10.1 Å². The first-order valence-corrected chi connectivity index (χ1v) is 10.4. The molecule has 1 aliphatic heterocycles. The number of benzene rings is 3. The van der Waals surface area contributed by atoms with Gasteiger partial charge >= 0.3 is 0 Å². The summed E-state index contributed by atoms with van der Waals surface area (Å²) in [5, 5.41) is 4.86. The summed E-state index contributed by atoms with van der Waals surface area (Å²) in [6.07, 6.45) is 1.53. The second kappa shape index (κ2) is 8.38. The van der Waals surface area contributed by atoms with Gasteiger partial charge in [-0.1, -0.05) is 58.4 Å². The van der Waals surface area contributed by atoms with Crippen LogP contribution in [0.2, 0.25) is 0 Å². The van der Waals surface area contributed by atoms with Crippen LogP contribution in [0.25, 0.3) is 16.8 Å². The molecular weight excluding hydrogens is 464 g/mol. The summed E-state index contributed by atoms with van der Waals surface area (Å²) in [6, 6.07) is 19.6. The zero-order valence-electron chi connectivity index (χ0n) is 16.0. The number of nitrogens with zero attached hydrogens (tertiary/aromatic N) is 1. The minimum Gasteiger partial charge on any atom is -0.488 e. The lowest BCUT2D eigenvalue weighted by Crippen LogP contribution is -2.52. The van der Waals surface area contributed by atoms with Gasteiger partial charge in [-0.15, -0.1) is 0 Å². The van der Waals surface area contributed by atoms with E-state index >= 15 is 0 Å². The van der Waals surface area contributed by atoms with Crippen molar-refractivity contribution >= 4 is 61.9 Å². The Labute approximate surface area is 187 Å². The Bertz CT molecular complexity index is 1220. The molecule has 1 fully saturated rings. The lowest BCUT2D eigenvalue weighted by molar-refractivity contribution is -0.128. The van der Waals surface area contributed by atoms with Gasteiger partial charge in [0, 0.05) is 17.1 Å². The number of likely N-dealkylation sites (N-methyl/N-ethyl adjacent to an activating group) is 1. The molecular formula is C23H17BrN2O3S. The van der Waals surface area contributed by atoms with Gasteiger partial charge in [-0.2, -0.15) is 0 Å². The van der Waals surface area contributed by atoms with Crippen molar-refractivity contribution in [2.24, 2.45) is 0 Å². The molecule has 2 amide bonds. The smallest absolute Gasteiger partial charge is 0.265 e. The van der Waals surface area contributed by atoms with E-state index in [9.17, 15) is 9.59 Å². The first kappa shape index (κ1) is 20.3. The molecule has 0 aliphatic carbocycles. The molecule has 0 bridgehead atoms. The van der Waals surface area contributed by atoms with Crippen LogP contribution in [0.4, 0.5) is 0 Å². The normalized spacial score (nSPS) is 15.6. The van der Waals surface area contributed by atoms with Gasteiger partial charge in [0.2, 0.25) is 0 Å². The minimum absolute atomic E-state index is 0.000731.